The number of carboxylic acid groups (broad SMARTS) is 1. The molecular formula is C14H13N3O3S. The van der Waals surface area contributed by atoms with Crippen molar-refractivity contribution >= 4 is 34.2 Å². The number of amides is 2. The third-order valence-corrected chi connectivity index (χ3v) is 4.29. The summed E-state index contributed by atoms with van der Waals surface area (Å²) in [7, 11) is 0. The van der Waals surface area contributed by atoms with Gasteiger partial charge < -0.3 is 10.4 Å². The standard InChI is InChI=1S/C14H13N3O3S/c18-12(19)8-4-1-2-5-9(8)15-13(20)17-14-16-10-6-3-7-11(10)21-14/h1-2,4-5H,3,6-7H2,(H,18,19)(H2,15,16,17,20). The Labute approximate surface area is 124 Å². The van der Waals surface area contributed by atoms with Gasteiger partial charge in [0.05, 0.1) is 16.9 Å². The minimum atomic E-state index is -1.08. The lowest BCUT2D eigenvalue weighted by Gasteiger charge is -2.08. The molecule has 108 valence electrons. The maximum absolute atomic E-state index is 11.9. The van der Waals surface area contributed by atoms with Crippen molar-refractivity contribution in [1.82, 2.24) is 4.98 Å². The van der Waals surface area contributed by atoms with Crippen LogP contribution in [0.5, 0.6) is 0 Å². The van der Waals surface area contributed by atoms with E-state index in [-0.39, 0.29) is 11.3 Å². The van der Waals surface area contributed by atoms with Crippen molar-refractivity contribution in [2.75, 3.05) is 10.6 Å². The van der Waals surface area contributed by atoms with Crippen LogP contribution in [0.2, 0.25) is 0 Å². The van der Waals surface area contributed by atoms with Crippen LogP contribution >= 0.6 is 11.3 Å². The molecule has 0 spiro atoms. The van der Waals surface area contributed by atoms with Crippen LogP contribution in [0, 0.1) is 0 Å². The van der Waals surface area contributed by atoms with Crippen LogP contribution < -0.4 is 10.6 Å². The Morgan fingerprint density at radius 3 is 2.76 bits per heavy atom. The Kier molecular flexibility index (Phi) is 3.57. The normalized spacial score (nSPS) is 12.8. The van der Waals surface area contributed by atoms with Crippen molar-refractivity contribution in [1.29, 1.82) is 0 Å². The molecule has 1 aliphatic rings. The number of aromatic carboxylic acids is 1. The summed E-state index contributed by atoms with van der Waals surface area (Å²) in [6.07, 6.45) is 3.09. The number of hydrogen-bond acceptors (Lipinski definition) is 4. The van der Waals surface area contributed by atoms with Crippen LogP contribution in [0.25, 0.3) is 0 Å². The average Bonchev–Trinajstić information content (AvgIpc) is 2.99. The first-order valence-corrected chi connectivity index (χ1v) is 7.34. The van der Waals surface area contributed by atoms with E-state index in [0.717, 1.165) is 25.0 Å². The van der Waals surface area contributed by atoms with E-state index in [1.165, 1.54) is 22.3 Å². The van der Waals surface area contributed by atoms with Gasteiger partial charge in [-0.1, -0.05) is 12.1 Å². The van der Waals surface area contributed by atoms with Gasteiger partial charge in [-0.15, -0.1) is 11.3 Å². The number of carbonyl (C=O) groups is 2. The first-order valence-electron chi connectivity index (χ1n) is 6.52. The summed E-state index contributed by atoms with van der Waals surface area (Å²) in [5.74, 6) is -1.08. The second-order valence-corrected chi connectivity index (χ2v) is 5.76. The van der Waals surface area contributed by atoms with E-state index in [2.05, 4.69) is 15.6 Å². The molecule has 6 nitrogen and oxygen atoms in total. The number of urea groups is 1. The highest BCUT2D eigenvalue weighted by Crippen LogP contribution is 2.30. The molecule has 1 aromatic carbocycles. The first kappa shape index (κ1) is 13.6. The third-order valence-electron chi connectivity index (χ3n) is 3.22. The van der Waals surface area contributed by atoms with Crippen LogP contribution in [-0.2, 0) is 12.8 Å². The minimum absolute atomic E-state index is 0.0503. The third kappa shape index (κ3) is 2.87. The van der Waals surface area contributed by atoms with Crippen molar-refractivity contribution in [3.63, 3.8) is 0 Å². The molecule has 2 amide bonds. The van der Waals surface area contributed by atoms with Gasteiger partial charge in [-0.3, -0.25) is 5.32 Å². The van der Waals surface area contributed by atoms with E-state index in [1.54, 1.807) is 18.2 Å². The summed E-state index contributed by atoms with van der Waals surface area (Å²) >= 11 is 1.47. The zero-order valence-electron chi connectivity index (χ0n) is 11.0. The molecule has 1 aromatic heterocycles. The largest absolute Gasteiger partial charge is 0.478 e. The Bertz CT molecular complexity index is 690. The Morgan fingerprint density at radius 1 is 1.19 bits per heavy atom. The number of thiazole rings is 1. The van der Waals surface area contributed by atoms with E-state index >= 15 is 0 Å². The zero-order chi connectivity index (χ0) is 14.8. The number of carbonyl (C=O) groups excluding carboxylic acids is 1. The van der Waals surface area contributed by atoms with Crippen LogP contribution in [0.3, 0.4) is 0 Å². The van der Waals surface area contributed by atoms with Gasteiger partial charge in [0, 0.05) is 4.88 Å². The lowest BCUT2D eigenvalue weighted by molar-refractivity contribution is 0.0698. The molecule has 0 atom stereocenters. The summed E-state index contributed by atoms with van der Waals surface area (Å²) in [5, 5.41) is 14.8. The maximum Gasteiger partial charge on any atom is 0.337 e. The van der Waals surface area contributed by atoms with Crippen LogP contribution in [-0.4, -0.2) is 22.1 Å². The van der Waals surface area contributed by atoms with E-state index < -0.39 is 12.0 Å². The van der Waals surface area contributed by atoms with Gasteiger partial charge in [0.1, 0.15) is 0 Å². The molecule has 7 heteroatoms. The van der Waals surface area contributed by atoms with Crippen LogP contribution in [0.15, 0.2) is 24.3 Å². The Hall–Kier alpha value is -2.41. The Morgan fingerprint density at radius 2 is 2.00 bits per heavy atom. The Balaban J connectivity index is 1.70. The molecule has 0 saturated heterocycles. The average molecular weight is 303 g/mol. The highest BCUT2D eigenvalue weighted by molar-refractivity contribution is 7.15. The molecule has 0 saturated carbocycles. The number of fused-ring (bicyclic) bond motifs is 1. The number of benzene rings is 1. The maximum atomic E-state index is 11.9. The zero-order valence-corrected chi connectivity index (χ0v) is 11.9. The van der Waals surface area contributed by atoms with Gasteiger partial charge in [0.15, 0.2) is 5.13 Å². The topological polar surface area (TPSA) is 91.3 Å². The fourth-order valence-corrected chi connectivity index (χ4v) is 3.32. The van der Waals surface area contributed by atoms with Gasteiger partial charge in [0.2, 0.25) is 0 Å². The second kappa shape index (κ2) is 5.53. The first-order chi connectivity index (χ1) is 10.1. The van der Waals surface area contributed by atoms with Crippen LogP contribution in [0.1, 0.15) is 27.3 Å². The summed E-state index contributed by atoms with van der Waals surface area (Å²) in [6.45, 7) is 0. The number of aromatic nitrogens is 1. The number of hydrogen-bond donors (Lipinski definition) is 3. The SMILES string of the molecule is O=C(Nc1nc2c(s1)CCC2)Nc1ccccc1C(=O)O. The van der Waals surface area contributed by atoms with Crippen molar-refractivity contribution in [3.05, 3.63) is 40.4 Å². The van der Waals surface area contributed by atoms with E-state index in [9.17, 15) is 9.59 Å². The molecule has 2 aromatic rings. The van der Waals surface area contributed by atoms with E-state index in [4.69, 9.17) is 5.11 Å². The van der Waals surface area contributed by atoms with E-state index in [1.807, 2.05) is 0 Å². The number of aryl methyl sites for hydroxylation is 2. The number of carboxylic acids is 1. The number of para-hydroxylation sites is 1. The predicted octanol–water partition coefficient (Wildman–Crippen LogP) is 2.97. The van der Waals surface area contributed by atoms with Crippen molar-refractivity contribution in [3.8, 4) is 0 Å². The van der Waals surface area contributed by atoms with Gasteiger partial charge in [-0.25, -0.2) is 14.6 Å². The van der Waals surface area contributed by atoms with Gasteiger partial charge >= 0.3 is 12.0 Å². The fraction of sp³-hybridized carbons (Fsp3) is 0.214. The molecular weight excluding hydrogens is 290 g/mol. The summed E-state index contributed by atoms with van der Waals surface area (Å²) in [4.78, 5) is 28.6. The van der Waals surface area contributed by atoms with Gasteiger partial charge in [-0.2, -0.15) is 0 Å². The lowest BCUT2D eigenvalue weighted by atomic mass is 10.2. The molecule has 1 heterocycles. The highest BCUT2D eigenvalue weighted by atomic mass is 32.1. The molecule has 0 bridgehead atoms. The molecule has 21 heavy (non-hydrogen) atoms. The second-order valence-electron chi connectivity index (χ2n) is 4.67. The molecule has 0 radical (unpaired) electrons. The van der Waals surface area contributed by atoms with Crippen molar-refractivity contribution in [2.24, 2.45) is 0 Å². The summed E-state index contributed by atoms with van der Waals surface area (Å²) in [6, 6.07) is 5.77. The minimum Gasteiger partial charge on any atom is -0.478 e. The number of rotatable bonds is 3. The van der Waals surface area contributed by atoms with Gasteiger partial charge in [0.25, 0.3) is 0 Å². The monoisotopic (exact) mass is 303 g/mol. The van der Waals surface area contributed by atoms with Crippen molar-refractivity contribution < 1.29 is 14.7 Å². The molecule has 1 aliphatic carbocycles. The smallest absolute Gasteiger partial charge is 0.337 e. The fourth-order valence-electron chi connectivity index (χ4n) is 2.27. The molecule has 0 fully saturated rings. The van der Waals surface area contributed by atoms with Crippen LogP contribution in [0.4, 0.5) is 15.6 Å². The lowest BCUT2D eigenvalue weighted by Crippen LogP contribution is -2.20. The number of anilines is 2. The molecule has 0 unspecified atom stereocenters. The number of nitrogens with zero attached hydrogens (tertiary/aromatic N) is 1. The predicted molar refractivity (Wildman–Crippen MR) is 80.2 cm³/mol. The number of nitrogens with one attached hydrogen (secondary N) is 2. The van der Waals surface area contributed by atoms with E-state index in [0.29, 0.717) is 5.13 Å². The summed E-state index contributed by atoms with van der Waals surface area (Å²) < 4.78 is 0. The summed E-state index contributed by atoms with van der Waals surface area (Å²) in [5.41, 5.74) is 1.36. The molecule has 3 N–H and O–H groups in total. The highest BCUT2D eigenvalue weighted by Gasteiger charge is 2.18. The van der Waals surface area contributed by atoms with Gasteiger partial charge in [-0.05, 0) is 31.4 Å². The quantitative estimate of drug-likeness (QED) is 0.813. The molecule has 3 rings (SSSR count). The molecule has 0 aliphatic heterocycles. The van der Waals surface area contributed by atoms with Crippen molar-refractivity contribution in [2.45, 2.75) is 19.3 Å².